The minimum absolute atomic E-state index is 0.125. The minimum atomic E-state index is -0.374. The lowest BCUT2D eigenvalue weighted by atomic mass is 10.3. The number of hydrogen-bond donors (Lipinski definition) is 1. The van der Waals surface area contributed by atoms with Crippen LogP contribution in [0.3, 0.4) is 0 Å². The Morgan fingerprint density at radius 3 is 3.00 bits per heavy atom. The van der Waals surface area contributed by atoms with Gasteiger partial charge in [0, 0.05) is 13.1 Å². The van der Waals surface area contributed by atoms with Gasteiger partial charge in [0.15, 0.2) is 0 Å². The summed E-state index contributed by atoms with van der Waals surface area (Å²) in [6.07, 6.45) is -0.150. The minimum Gasteiger partial charge on any atom is -0.469 e. The third-order valence-corrected chi connectivity index (χ3v) is 2.19. The van der Waals surface area contributed by atoms with Crippen molar-refractivity contribution < 1.29 is 19.1 Å². The van der Waals surface area contributed by atoms with Crippen molar-refractivity contribution >= 4 is 12.1 Å². The molecule has 0 aromatic heterocycles. The number of likely N-dealkylation sites (N-methyl/N-ethyl adjacent to an activating group) is 1. The van der Waals surface area contributed by atoms with Crippen LogP contribution >= 0.6 is 0 Å². The molecule has 1 saturated heterocycles. The quantitative estimate of drug-likeness (QED) is 0.633. The third kappa shape index (κ3) is 4.16. The van der Waals surface area contributed by atoms with Crippen LogP contribution in [-0.2, 0) is 14.3 Å². The normalized spacial score (nSPS) is 19.9. The smallest absolute Gasteiger partial charge is 0.407 e. The van der Waals surface area contributed by atoms with Crippen LogP contribution in [0.15, 0.2) is 0 Å². The summed E-state index contributed by atoms with van der Waals surface area (Å²) in [5, 5.41) is 2.57. The molecule has 0 aromatic rings. The Balaban J connectivity index is 2.15. The first-order valence-corrected chi connectivity index (χ1v) is 4.81. The van der Waals surface area contributed by atoms with Crippen LogP contribution in [0.4, 0.5) is 4.79 Å². The summed E-state index contributed by atoms with van der Waals surface area (Å²) in [5.74, 6) is -0.233. The molecule has 1 aliphatic heterocycles. The first-order chi connectivity index (χ1) is 7.11. The maximum atomic E-state index is 10.9. The summed E-state index contributed by atoms with van der Waals surface area (Å²) >= 11 is 0. The zero-order valence-corrected chi connectivity index (χ0v) is 8.99. The van der Waals surface area contributed by atoms with E-state index in [1.54, 1.807) is 0 Å². The highest BCUT2D eigenvalue weighted by Gasteiger charge is 2.23. The summed E-state index contributed by atoms with van der Waals surface area (Å²) in [5.41, 5.74) is 0. The third-order valence-electron chi connectivity index (χ3n) is 2.19. The molecular weight excluding hydrogens is 200 g/mol. The SMILES string of the molecule is COC(=O)CCN(C)CC1CNC(=O)O1. The van der Waals surface area contributed by atoms with Crippen LogP contribution < -0.4 is 5.32 Å². The van der Waals surface area contributed by atoms with Crippen LogP contribution in [0.25, 0.3) is 0 Å². The molecule has 1 rings (SSSR count). The van der Waals surface area contributed by atoms with Crippen LogP contribution in [0.5, 0.6) is 0 Å². The van der Waals surface area contributed by atoms with Crippen molar-refractivity contribution in [2.75, 3.05) is 33.8 Å². The van der Waals surface area contributed by atoms with Gasteiger partial charge >= 0.3 is 12.1 Å². The van der Waals surface area contributed by atoms with E-state index in [-0.39, 0.29) is 18.2 Å². The van der Waals surface area contributed by atoms with Crippen LogP contribution in [-0.4, -0.2) is 56.9 Å². The number of carbonyl (C=O) groups excluding carboxylic acids is 2. The molecule has 0 bridgehead atoms. The molecule has 6 heteroatoms. The van der Waals surface area contributed by atoms with Gasteiger partial charge in [-0.1, -0.05) is 0 Å². The number of hydrogen-bond acceptors (Lipinski definition) is 5. The first-order valence-electron chi connectivity index (χ1n) is 4.81. The number of esters is 1. The molecule has 0 aromatic carbocycles. The Morgan fingerprint density at radius 2 is 2.47 bits per heavy atom. The van der Waals surface area contributed by atoms with E-state index in [0.29, 0.717) is 26.1 Å². The van der Waals surface area contributed by atoms with Gasteiger partial charge in [0.1, 0.15) is 6.10 Å². The maximum Gasteiger partial charge on any atom is 0.407 e. The zero-order valence-electron chi connectivity index (χ0n) is 8.99. The van der Waals surface area contributed by atoms with Crippen molar-refractivity contribution in [1.82, 2.24) is 10.2 Å². The van der Waals surface area contributed by atoms with Crippen molar-refractivity contribution in [3.05, 3.63) is 0 Å². The first kappa shape index (κ1) is 11.8. The lowest BCUT2D eigenvalue weighted by Gasteiger charge is -2.18. The molecule has 1 heterocycles. The van der Waals surface area contributed by atoms with Gasteiger partial charge in [0.05, 0.1) is 20.1 Å². The fourth-order valence-electron chi connectivity index (χ4n) is 1.36. The largest absolute Gasteiger partial charge is 0.469 e. The Hall–Kier alpha value is -1.30. The van der Waals surface area contributed by atoms with Gasteiger partial charge in [-0.15, -0.1) is 0 Å². The van der Waals surface area contributed by atoms with Crippen molar-refractivity contribution in [2.24, 2.45) is 0 Å². The number of nitrogens with zero attached hydrogens (tertiary/aromatic N) is 1. The summed E-state index contributed by atoms with van der Waals surface area (Å²) in [6.45, 7) is 1.75. The molecular formula is C9H16N2O4. The number of cyclic esters (lactones) is 1. The Labute approximate surface area is 88.5 Å². The number of methoxy groups -OCH3 is 1. The van der Waals surface area contributed by atoms with Gasteiger partial charge in [0.2, 0.25) is 0 Å². The molecule has 1 N–H and O–H groups in total. The maximum absolute atomic E-state index is 10.9. The van der Waals surface area contributed by atoms with Gasteiger partial charge in [-0.3, -0.25) is 4.79 Å². The molecule has 6 nitrogen and oxygen atoms in total. The second-order valence-corrected chi connectivity index (χ2v) is 3.50. The van der Waals surface area contributed by atoms with Crippen molar-refractivity contribution in [3.63, 3.8) is 0 Å². The number of ether oxygens (including phenoxy) is 2. The topological polar surface area (TPSA) is 67.9 Å². The molecule has 1 unspecified atom stereocenters. The molecule has 0 aliphatic carbocycles. The average molecular weight is 216 g/mol. The van der Waals surface area contributed by atoms with Gasteiger partial charge in [0.25, 0.3) is 0 Å². The Bertz CT molecular complexity index is 244. The van der Waals surface area contributed by atoms with Gasteiger partial charge in [-0.25, -0.2) is 4.79 Å². The Kier molecular flexibility index (Phi) is 4.36. The van der Waals surface area contributed by atoms with Crippen LogP contribution in [0.2, 0.25) is 0 Å². The summed E-state index contributed by atoms with van der Waals surface area (Å²) < 4.78 is 9.48. The van der Waals surface area contributed by atoms with Crippen molar-refractivity contribution in [1.29, 1.82) is 0 Å². The number of carbonyl (C=O) groups is 2. The van der Waals surface area contributed by atoms with E-state index in [0.717, 1.165) is 0 Å². The number of rotatable bonds is 5. The highest BCUT2D eigenvalue weighted by Crippen LogP contribution is 2.02. The lowest BCUT2D eigenvalue weighted by molar-refractivity contribution is -0.141. The zero-order chi connectivity index (χ0) is 11.3. The van der Waals surface area contributed by atoms with E-state index in [4.69, 9.17) is 4.74 Å². The van der Waals surface area contributed by atoms with E-state index < -0.39 is 0 Å². The van der Waals surface area contributed by atoms with E-state index in [2.05, 4.69) is 10.1 Å². The molecule has 0 spiro atoms. The molecule has 1 amide bonds. The van der Waals surface area contributed by atoms with Gasteiger partial charge < -0.3 is 19.7 Å². The highest BCUT2D eigenvalue weighted by molar-refractivity contribution is 5.69. The summed E-state index contributed by atoms with van der Waals surface area (Å²) in [6, 6.07) is 0. The van der Waals surface area contributed by atoms with E-state index in [1.165, 1.54) is 7.11 Å². The van der Waals surface area contributed by atoms with Crippen LogP contribution in [0, 0.1) is 0 Å². The molecule has 0 saturated carbocycles. The fourth-order valence-corrected chi connectivity index (χ4v) is 1.36. The summed E-state index contributed by atoms with van der Waals surface area (Å²) in [4.78, 5) is 23.5. The van der Waals surface area contributed by atoms with Crippen LogP contribution in [0.1, 0.15) is 6.42 Å². The standard InChI is InChI=1S/C9H16N2O4/c1-11(4-3-8(12)14-2)6-7-5-10-9(13)15-7/h7H,3-6H2,1-2H3,(H,10,13). The van der Waals surface area contributed by atoms with E-state index in [9.17, 15) is 9.59 Å². The molecule has 1 aliphatic rings. The molecule has 1 fully saturated rings. The highest BCUT2D eigenvalue weighted by atomic mass is 16.6. The second-order valence-electron chi connectivity index (χ2n) is 3.50. The van der Waals surface area contributed by atoms with E-state index >= 15 is 0 Å². The average Bonchev–Trinajstić information content (AvgIpc) is 2.60. The van der Waals surface area contributed by atoms with Gasteiger partial charge in [-0.05, 0) is 7.05 Å². The fraction of sp³-hybridized carbons (Fsp3) is 0.778. The van der Waals surface area contributed by atoms with Gasteiger partial charge in [-0.2, -0.15) is 0 Å². The number of nitrogens with one attached hydrogen (secondary N) is 1. The molecule has 15 heavy (non-hydrogen) atoms. The predicted octanol–water partition coefficient (Wildman–Crippen LogP) is -0.410. The lowest BCUT2D eigenvalue weighted by Crippen LogP contribution is -2.33. The van der Waals surface area contributed by atoms with E-state index in [1.807, 2.05) is 11.9 Å². The monoisotopic (exact) mass is 216 g/mol. The second kappa shape index (κ2) is 5.55. The predicted molar refractivity (Wildman–Crippen MR) is 52.4 cm³/mol. The number of alkyl carbamates (subject to hydrolysis) is 1. The van der Waals surface area contributed by atoms with Crippen molar-refractivity contribution in [2.45, 2.75) is 12.5 Å². The summed E-state index contributed by atoms with van der Waals surface area (Å²) in [7, 11) is 3.24. The molecule has 0 radical (unpaired) electrons. The molecule has 1 atom stereocenters. The Morgan fingerprint density at radius 1 is 1.73 bits per heavy atom. The molecule has 86 valence electrons. The number of amides is 1. The van der Waals surface area contributed by atoms with Crippen molar-refractivity contribution in [3.8, 4) is 0 Å².